The lowest BCUT2D eigenvalue weighted by Gasteiger charge is -2.68. The largest absolute Gasteiger partial charge is 0.455 e. The number of hydrogen-bond acceptors (Lipinski definition) is 8. The molecule has 4 saturated carbocycles. The van der Waals surface area contributed by atoms with E-state index in [0.717, 1.165) is 116 Å². The number of rotatable bonds is 23. The average Bonchev–Trinajstić information content (AvgIpc) is 2.99. The first-order valence-corrected chi connectivity index (χ1v) is 20.2. The molecule has 49 heavy (non-hydrogen) atoms. The van der Waals surface area contributed by atoms with E-state index in [1.807, 2.05) is 0 Å². The maximum absolute atomic E-state index is 13.2. The molecule has 3 heterocycles. The molecule has 0 spiro atoms. The van der Waals surface area contributed by atoms with Crippen molar-refractivity contribution in [3.8, 4) is 0 Å². The van der Waals surface area contributed by atoms with Crippen LogP contribution in [0, 0.1) is 0 Å². The van der Waals surface area contributed by atoms with Gasteiger partial charge in [0.15, 0.2) is 0 Å². The van der Waals surface area contributed by atoms with E-state index in [9.17, 15) is 4.79 Å². The van der Waals surface area contributed by atoms with E-state index < -0.39 is 22.4 Å². The fraction of sp³-hybridized carbons (Fsp3) is 0.927. The Labute approximate surface area is 297 Å². The van der Waals surface area contributed by atoms with E-state index in [0.29, 0.717) is 44.7 Å². The van der Waals surface area contributed by atoms with Gasteiger partial charge in [0.1, 0.15) is 5.60 Å². The predicted octanol–water partition coefficient (Wildman–Crippen LogP) is 8.71. The molecule has 3 atom stereocenters. The molecule has 0 amide bonds. The average molecular weight is 689 g/mol. The summed E-state index contributed by atoms with van der Waals surface area (Å²) in [4.78, 5) is 13.2. The molecule has 280 valence electrons. The van der Waals surface area contributed by atoms with Crippen molar-refractivity contribution in [3.63, 3.8) is 0 Å². The fourth-order valence-electron chi connectivity index (χ4n) is 10.8. The third-order valence-corrected chi connectivity index (χ3v) is 13.7. The van der Waals surface area contributed by atoms with Crippen LogP contribution in [0.15, 0.2) is 12.2 Å². The van der Waals surface area contributed by atoms with Crippen LogP contribution >= 0.6 is 0 Å². The van der Waals surface area contributed by atoms with Crippen molar-refractivity contribution in [2.45, 2.75) is 202 Å². The minimum absolute atomic E-state index is 0.0837. The Morgan fingerprint density at radius 2 is 0.857 bits per heavy atom. The molecule has 0 aromatic heterocycles. The lowest BCUT2D eigenvalue weighted by molar-refractivity contribution is -0.327. The first kappa shape index (κ1) is 37.7. The number of unbranched alkanes of at least 4 members (excludes halogenated alkanes) is 3. The van der Waals surface area contributed by atoms with Gasteiger partial charge in [0.2, 0.25) is 0 Å². The highest BCUT2D eigenvalue weighted by atomic mass is 16.6. The molecule has 3 aliphatic heterocycles. The third kappa shape index (κ3) is 8.30. The molecule has 7 rings (SSSR count). The van der Waals surface area contributed by atoms with E-state index in [-0.39, 0.29) is 22.8 Å². The van der Waals surface area contributed by atoms with E-state index in [1.54, 1.807) is 6.92 Å². The quantitative estimate of drug-likeness (QED) is 0.0599. The topological polar surface area (TPSA) is 81.7 Å². The minimum atomic E-state index is -0.686. The van der Waals surface area contributed by atoms with Crippen LogP contribution in [0.3, 0.4) is 0 Å². The molecule has 8 nitrogen and oxygen atoms in total. The van der Waals surface area contributed by atoms with Crippen molar-refractivity contribution in [2.24, 2.45) is 0 Å². The smallest absolute Gasteiger partial charge is 0.333 e. The van der Waals surface area contributed by atoms with Gasteiger partial charge in [-0.1, -0.05) is 27.4 Å². The van der Waals surface area contributed by atoms with E-state index in [2.05, 4.69) is 27.4 Å². The number of ether oxygens (including phenoxy) is 7. The molecule has 8 heteroatoms. The van der Waals surface area contributed by atoms with Gasteiger partial charge in [-0.15, -0.1) is 0 Å². The highest BCUT2D eigenvalue weighted by molar-refractivity contribution is 5.87. The SMILES string of the molecule is C=C(C)C(=O)OC12CC3(OCCCCC4(CC)CCO4)CC(OCCCCC4(CC)CCO4)(CC(OCCCCC4(CC)CCO4)(C3)C1)C2. The summed E-state index contributed by atoms with van der Waals surface area (Å²) in [7, 11) is 0. The highest BCUT2D eigenvalue weighted by Gasteiger charge is 2.72. The lowest BCUT2D eigenvalue weighted by atomic mass is 9.48. The highest BCUT2D eigenvalue weighted by Crippen LogP contribution is 2.65. The van der Waals surface area contributed by atoms with Gasteiger partial charge in [-0.05, 0) is 103 Å². The third-order valence-electron chi connectivity index (χ3n) is 13.7. The predicted molar refractivity (Wildman–Crippen MR) is 190 cm³/mol. The van der Waals surface area contributed by atoms with Crippen LogP contribution in [0.2, 0.25) is 0 Å². The van der Waals surface area contributed by atoms with Crippen molar-refractivity contribution in [3.05, 3.63) is 12.2 Å². The van der Waals surface area contributed by atoms with Gasteiger partial charge in [0, 0.05) is 63.9 Å². The zero-order chi connectivity index (χ0) is 34.7. The Bertz CT molecular complexity index is 995. The summed E-state index contributed by atoms with van der Waals surface area (Å²) < 4.78 is 45.5. The first-order chi connectivity index (χ1) is 23.5. The maximum atomic E-state index is 13.2. The van der Waals surface area contributed by atoms with E-state index >= 15 is 0 Å². The van der Waals surface area contributed by atoms with Gasteiger partial charge in [0.25, 0.3) is 0 Å². The van der Waals surface area contributed by atoms with Crippen molar-refractivity contribution in [1.29, 1.82) is 0 Å². The molecule has 3 saturated heterocycles. The van der Waals surface area contributed by atoms with Crippen LogP contribution in [0.25, 0.3) is 0 Å². The summed E-state index contributed by atoms with van der Waals surface area (Å²) in [5, 5.41) is 0. The van der Waals surface area contributed by atoms with Crippen molar-refractivity contribution < 1.29 is 38.0 Å². The van der Waals surface area contributed by atoms with E-state index in [1.165, 1.54) is 19.3 Å². The lowest BCUT2D eigenvalue weighted by Crippen LogP contribution is -2.74. The van der Waals surface area contributed by atoms with Crippen molar-refractivity contribution >= 4 is 5.97 Å². The zero-order valence-corrected chi connectivity index (χ0v) is 31.6. The summed E-state index contributed by atoms with van der Waals surface area (Å²) in [6.45, 7) is 17.1. The van der Waals surface area contributed by atoms with Crippen LogP contribution in [0.5, 0.6) is 0 Å². The molecule has 7 aliphatic rings. The van der Waals surface area contributed by atoms with Gasteiger partial charge in [-0.25, -0.2) is 4.79 Å². The normalized spacial score (nSPS) is 40.4. The maximum Gasteiger partial charge on any atom is 0.333 e. The van der Waals surface area contributed by atoms with Gasteiger partial charge in [0.05, 0.1) is 53.4 Å². The molecule has 3 unspecified atom stereocenters. The number of esters is 1. The molecule has 4 bridgehead atoms. The number of carbonyl (C=O) groups excluding carboxylic acids is 1. The monoisotopic (exact) mass is 688 g/mol. The molecule has 7 fully saturated rings. The molecule has 0 N–H and O–H groups in total. The summed E-state index contributed by atoms with van der Waals surface area (Å²) in [5.74, 6) is -0.316. The van der Waals surface area contributed by atoms with E-state index in [4.69, 9.17) is 33.2 Å². The minimum Gasteiger partial charge on any atom is -0.455 e. The molecule has 0 aromatic carbocycles. The summed E-state index contributed by atoms with van der Waals surface area (Å²) >= 11 is 0. The number of hydrogen-bond donors (Lipinski definition) is 0. The number of carbonyl (C=O) groups is 1. The summed E-state index contributed by atoms with van der Waals surface area (Å²) in [6, 6.07) is 0. The van der Waals surface area contributed by atoms with Crippen LogP contribution in [0.4, 0.5) is 0 Å². The Hall–Kier alpha value is -1.03. The second kappa shape index (κ2) is 15.1. The summed E-state index contributed by atoms with van der Waals surface area (Å²) in [6.07, 6.45) is 20.9. The van der Waals surface area contributed by atoms with Crippen LogP contribution < -0.4 is 0 Å². The molecule has 0 aromatic rings. The Kier molecular flexibility index (Phi) is 11.7. The molecule has 0 radical (unpaired) electrons. The molecular weight excluding hydrogens is 620 g/mol. The second-order valence-electron chi connectivity index (χ2n) is 17.3. The van der Waals surface area contributed by atoms with Crippen LogP contribution in [0.1, 0.15) is 163 Å². The Balaban J connectivity index is 1.14. The zero-order valence-electron chi connectivity index (χ0n) is 31.6. The van der Waals surface area contributed by atoms with Crippen LogP contribution in [-0.4, -0.2) is 84.8 Å². The van der Waals surface area contributed by atoms with Crippen LogP contribution in [-0.2, 0) is 38.0 Å². The van der Waals surface area contributed by atoms with Gasteiger partial charge < -0.3 is 33.2 Å². The summed E-state index contributed by atoms with van der Waals surface area (Å²) in [5.41, 5.74) is -1.34. The Morgan fingerprint density at radius 3 is 1.10 bits per heavy atom. The second-order valence-corrected chi connectivity index (χ2v) is 17.3. The molecule has 4 aliphatic carbocycles. The van der Waals surface area contributed by atoms with Gasteiger partial charge in [-0.3, -0.25) is 0 Å². The Morgan fingerprint density at radius 1 is 0.551 bits per heavy atom. The standard InChI is InChI=1S/C41H68O8/c1-6-35(18-24-46-35)15-9-12-21-43-38-27-39(44-22-13-10-16-36(7-2)19-25-47-36)29-40(28-38,32-41(30-38,31-39)49-34(42)33(4)5)45-23-14-11-17-37(8-3)20-26-48-37/h4,6-32H2,1-3,5H3. The van der Waals surface area contributed by atoms with Gasteiger partial charge in [-0.2, -0.15) is 0 Å². The van der Waals surface area contributed by atoms with Crippen molar-refractivity contribution in [1.82, 2.24) is 0 Å². The fourth-order valence-corrected chi connectivity index (χ4v) is 10.8. The first-order valence-electron chi connectivity index (χ1n) is 20.2. The van der Waals surface area contributed by atoms with Crippen molar-refractivity contribution in [2.75, 3.05) is 39.6 Å². The van der Waals surface area contributed by atoms with Gasteiger partial charge >= 0.3 is 5.97 Å². The molecular formula is C41H68O8.